The molecule has 0 amide bonds. The molecule has 3 atom stereocenters. The Morgan fingerprint density at radius 1 is 1.12 bits per heavy atom. The van der Waals surface area contributed by atoms with Crippen molar-refractivity contribution >= 4 is 11.9 Å². The van der Waals surface area contributed by atoms with Crippen molar-refractivity contribution in [2.45, 2.75) is 89.9 Å². The summed E-state index contributed by atoms with van der Waals surface area (Å²) in [5.41, 5.74) is 0. The lowest BCUT2D eigenvalue weighted by atomic mass is 10.1. The predicted octanol–water partition coefficient (Wildman–Crippen LogP) is 4.50. The number of methoxy groups -OCH3 is 1. The van der Waals surface area contributed by atoms with Crippen molar-refractivity contribution in [3.63, 3.8) is 0 Å². The predicted molar refractivity (Wildman–Crippen MR) is 102 cm³/mol. The van der Waals surface area contributed by atoms with E-state index < -0.39 is 0 Å². The Bertz CT molecular complexity index is 469. The highest BCUT2D eigenvalue weighted by Crippen LogP contribution is 2.29. The first-order valence-electron chi connectivity index (χ1n) is 9.79. The molecule has 0 aromatic heterocycles. The highest BCUT2D eigenvalue weighted by atomic mass is 16.6. The molecule has 0 saturated carbocycles. The monoisotopic (exact) mass is 366 g/mol. The van der Waals surface area contributed by atoms with Crippen LogP contribution in [0.2, 0.25) is 0 Å². The second-order valence-electron chi connectivity index (χ2n) is 6.67. The second-order valence-corrected chi connectivity index (χ2v) is 6.67. The zero-order chi connectivity index (χ0) is 19.2. The van der Waals surface area contributed by atoms with Gasteiger partial charge in [0.25, 0.3) is 0 Å². The van der Waals surface area contributed by atoms with Gasteiger partial charge in [-0.3, -0.25) is 9.59 Å². The maximum absolute atomic E-state index is 11.2. The van der Waals surface area contributed by atoms with Gasteiger partial charge in [-0.25, -0.2) is 0 Å². The minimum Gasteiger partial charge on any atom is -0.469 e. The molecule has 1 heterocycles. The molecule has 5 nitrogen and oxygen atoms in total. The summed E-state index contributed by atoms with van der Waals surface area (Å²) >= 11 is 0. The van der Waals surface area contributed by atoms with Crippen LogP contribution >= 0.6 is 0 Å². The summed E-state index contributed by atoms with van der Waals surface area (Å²) in [5.74, 6) is -0.381. The standard InChI is InChI=1S/C21H34O5/c1-4-5-9-12-18(25-17(2)22)15-16-20-19(26-20)13-10-7-6-8-11-14-21(23)24-3/h5,9,15-16,18-20H,4,6-8,10-14H2,1-3H3/b9-5-,16-15+/t18-,19?,20?/m0/s1. The van der Waals surface area contributed by atoms with E-state index in [4.69, 9.17) is 9.47 Å². The van der Waals surface area contributed by atoms with Crippen molar-refractivity contribution in [3.05, 3.63) is 24.3 Å². The minimum absolute atomic E-state index is 0.122. The highest BCUT2D eigenvalue weighted by molar-refractivity contribution is 5.69. The smallest absolute Gasteiger partial charge is 0.305 e. The van der Waals surface area contributed by atoms with E-state index in [0.717, 1.165) is 44.9 Å². The van der Waals surface area contributed by atoms with Gasteiger partial charge < -0.3 is 14.2 Å². The average Bonchev–Trinajstić information content (AvgIpc) is 3.36. The SMILES string of the molecule is CC/C=C\C[C@@H](/C=C/C1OC1CCCCCCCC(=O)OC)OC(C)=O. The van der Waals surface area contributed by atoms with Crippen molar-refractivity contribution in [2.75, 3.05) is 7.11 Å². The van der Waals surface area contributed by atoms with E-state index in [2.05, 4.69) is 17.7 Å². The fourth-order valence-electron chi connectivity index (χ4n) is 2.81. The summed E-state index contributed by atoms with van der Waals surface area (Å²) in [6.45, 7) is 3.51. The Morgan fingerprint density at radius 3 is 2.54 bits per heavy atom. The first kappa shape index (κ1) is 22.4. The second kappa shape index (κ2) is 13.6. The molecule has 1 saturated heterocycles. The molecule has 0 bridgehead atoms. The Labute approximate surface area is 157 Å². The maximum Gasteiger partial charge on any atom is 0.305 e. The molecule has 26 heavy (non-hydrogen) atoms. The molecule has 0 aromatic rings. The van der Waals surface area contributed by atoms with Crippen LogP contribution in [0.25, 0.3) is 0 Å². The third kappa shape index (κ3) is 11.1. The van der Waals surface area contributed by atoms with Crippen LogP contribution in [-0.2, 0) is 23.8 Å². The van der Waals surface area contributed by atoms with E-state index in [1.54, 1.807) is 0 Å². The van der Waals surface area contributed by atoms with Crippen molar-refractivity contribution < 1.29 is 23.8 Å². The topological polar surface area (TPSA) is 65.1 Å². The van der Waals surface area contributed by atoms with Crippen LogP contribution in [0.15, 0.2) is 24.3 Å². The van der Waals surface area contributed by atoms with Crippen LogP contribution in [-0.4, -0.2) is 37.4 Å². The molecule has 1 fully saturated rings. The van der Waals surface area contributed by atoms with E-state index in [1.807, 2.05) is 18.2 Å². The van der Waals surface area contributed by atoms with Crippen LogP contribution < -0.4 is 0 Å². The molecule has 0 radical (unpaired) electrons. The lowest BCUT2D eigenvalue weighted by Gasteiger charge is -2.10. The molecule has 0 spiro atoms. The molecular weight excluding hydrogens is 332 g/mol. The Morgan fingerprint density at radius 2 is 1.85 bits per heavy atom. The van der Waals surface area contributed by atoms with Crippen LogP contribution in [0, 0.1) is 0 Å². The first-order chi connectivity index (χ1) is 12.6. The van der Waals surface area contributed by atoms with Crippen molar-refractivity contribution in [1.82, 2.24) is 0 Å². The molecule has 1 aliphatic rings. The number of rotatable bonds is 14. The fourth-order valence-corrected chi connectivity index (χ4v) is 2.81. The minimum atomic E-state index is -0.259. The molecule has 1 aliphatic heterocycles. The number of esters is 2. The number of carbonyl (C=O) groups excluding carboxylic acids is 2. The normalized spacial score (nSPS) is 20.4. The lowest BCUT2D eigenvalue weighted by molar-refractivity contribution is -0.144. The summed E-state index contributed by atoms with van der Waals surface area (Å²) in [6.07, 6.45) is 17.0. The summed E-state index contributed by atoms with van der Waals surface area (Å²) in [7, 11) is 1.43. The summed E-state index contributed by atoms with van der Waals surface area (Å²) in [6, 6.07) is 0. The third-order valence-corrected chi connectivity index (χ3v) is 4.32. The van der Waals surface area contributed by atoms with Gasteiger partial charge in [0.15, 0.2) is 0 Å². The first-order valence-corrected chi connectivity index (χ1v) is 9.79. The number of hydrogen-bond donors (Lipinski definition) is 0. The Kier molecular flexibility index (Phi) is 11.7. The number of carbonyl (C=O) groups is 2. The van der Waals surface area contributed by atoms with Gasteiger partial charge in [0.05, 0.1) is 13.2 Å². The van der Waals surface area contributed by atoms with E-state index in [1.165, 1.54) is 14.0 Å². The van der Waals surface area contributed by atoms with E-state index in [9.17, 15) is 9.59 Å². The average molecular weight is 366 g/mol. The molecule has 1 rings (SSSR count). The van der Waals surface area contributed by atoms with Gasteiger partial charge in [0.1, 0.15) is 12.2 Å². The van der Waals surface area contributed by atoms with E-state index in [-0.39, 0.29) is 24.1 Å². The molecule has 5 heteroatoms. The fraction of sp³-hybridized carbons (Fsp3) is 0.714. The van der Waals surface area contributed by atoms with Crippen LogP contribution in [0.4, 0.5) is 0 Å². The van der Waals surface area contributed by atoms with Crippen LogP contribution in [0.1, 0.15) is 71.6 Å². The molecule has 148 valence electrons. The van der Waals surface area contributed by atoms with Gasteiger partial charge in [-0.05, 0) is 25.3 Å². The summed E-state index contributed by atoms with van der Waals surface area (Å²) in [4.78, 5) is 22.2. The van der Waals surface area contributed by atoms with Gasteiger partial charge >= 0.3 is 11.9 Å². The largest absolute Gasteiger partial charge is 0.469 e. The molecular formula is C21H34O5. The van der Waals surface area contributed by atoms with Crippen molar-refractivity contribution in [1.29, 1.82) is 0 Å². The maximum atomic E-state index is 11.2. The summed E-state index contributed by atoms with van der Waals surface area (Å²) < 4.78 is 15.6. The quantitative estimate of drug-likeness (QED) is 0.196. The van der Waals surface area contributed by atoms with E-state index in [0.29, 0.717) is 18.9 Å². The number of hydrogen-bond acceptors (Lipinski definition) is 5. The highest BCUT2D eigenvalue weighted by Gasteiger charge is 2.35. The van der Waals surface area contributed by atoms with Crippen LogP contribution in [0.3, 0.4) is 0 Å². The van der Waals surface area contributed by atoms with Gasteiger partial charge in [0, 0.05) is 19.8 Å². The lowest BCUT2D eigenvalue weighted by Crippen LogP contribution is -2.13. The van der Waals surface area contributed by atoms with Gasteiger partial charge in [0.2, 0.25) is 0 Å². The molecule has 0 aromatic carbocycles. The summed E-state index contributed by atoms with van der Waals surface area (Å²) in [5, 5.41) is 0. The molecule has 0 aliphatic carbocycles. The van der Waals surface area contributed by atoms with Gasteiger partial charge in [-0.15, -0.1) is 0 Å². The number of unbranched alkanes of at least 4 members (excludes halogenated alkanes) is 4. The Balaban J connectivity index is 2.12. The van der Waals surface area contributed by atoms with Crippen LogP contribution in [0.5, 0.6) is 0 Å². The number of epoxide rings is 1. The van der Waals surface area contributed by atoms with Gasteiger partial charge in [-0.1, -0.05) is 50.8 Å². The van der Waals surface area contributed by atoms with E-state index >= 15 is 0 Å². The third-order valence-electron chi connectivity index (χ3n) is 4.32. The Hall–Kier alpha value is -1.62. The number of allylic oxidation sites excluding steroid dienone is 1. The number of ether oxygens (including phenoxy) is 3. The zero-order valence-electron chi connectivity index (χ0n) is 16.4. The van der Waals surface area contributed by atoms with Crippen molar-refractivity contribution in [2.24, 2.45) is 0 Å². The van der Waals surface area contributed by atoms with Crippen molar-refractivity contribution in [3.8, 4) is 0 Å². The zero-order valence-corrected chi connectivity index (χ0v) is 16.4. The molecule has 2 unspecified atom stereocenters. The molecule has 0 N–H and O–H groups in total. The van der Waals surface area contributed by atoms with Gasteiger partial charge in [-0.2, -0.15) is 0 Å².